The van der Waals surface area contributed by atoms with Gasteiger partial charge >= 0.3 is 5.97 Å². The third-order valence-corrected chi connectivity index (χ3v) is 2.34. The standard InChI is InChI=1S/C10H10O3/c1-5-3-4-6(2)8-7(5)9(11)13-10(8)12/h3-4,9,11H,1-2H3/t9-/m0/s1. The normalized spacial score (nSPS) is 19.9. The number of hydrogen-bond donors (Lipinski definition) is 1. The molecule has 0 aliphatic carbocycles. The monoisotopic (exact) mass is 178 g/mol. The predicted octanol–water partition coefficient (Wildman–Crippen LogP) is 1.46. The number of ether oxygens (including phenoxy) is 1. The third kappa shape index (κ3) is 1.04. The number of aryl methyl sites for hydroxylation is 2. The van der Waals surface area contributed by atoms with Crippen LogP contribution in [0.15, 0.2) is 12.1 Å². The molecule has 0 fully saturated rings. The molecule has 13 heavy (non-hydrogen) atoms. The molecule has 1 N–H and O–H groups in total. The first kappa shape index (κ1) is 8.26. The number of carbonyl (C=O) groups excluding carboxylic acids is 1. The maximum absolute atomic E-state index is 11.3. The molecule has 0 amide bonds. The van der Waals surface area contributed by atoms with E-state index in [2.05, 4.69) is 0 Å². The number of hydrogen-bond acceptors (Lipinski definition) is 3. The SMILES string of the molecule is Cc1ccc(C)c2c1C(=O)O[C@@H]2O. The number of aliphatic hydroxyl groups excluding tert-OH is 1. The summed E-state index contributed by atoms with van der Waals surface area (Å²) >= 11 is 0. The molecule has 0 unspecified atom stereocenters. The lowest BCUT2D eigenvalue weighted by atomic mass is 9.99. The number of esters is 1. The molecule has 1 heterocycles. The average molecular weight is 178 g/mol. The molecule has 0 radical (unpaired) electrons. The van der Waals surface area contributed by atoms with E-state index in [1.54, 1.807) is 0 Å². The Morgan fingerprint density at radius 1 is 1.31 bits per heavy atom. The fraction of sp³-hybridized carbons (Fsp3) is 0.300. The first-order chi connectivity index (χ1) is 6.11. The Bertz CT molecular complexity index is 382. The summed E-state index contributed by atoms with van der Waals surface area (Å²) in [7, 11) is 0. The summed E-state index contributed by atoms with van der Waals surface area (Å²) in [5.74, 6) is -0.427. The van der Waals surface area contributed by atoms with Gasteiger partial charge in [0.15, 0.2) is 0 Å². The van der Waals surface area contributed by atoms with Gasteiger partial charge in [0.1, 0.15) is 0 Å². The largest absolute Gasteiger partial charge is 0.428 e. The molecule has 2 rings (SSSR count). The van der Waals surface area contributed by atoms with Crippen molar-refractivity contribution in [3.8, 4) is 0 Å². The zero-order chi connectivity index (χ0) is 9.59. The van der Waals surface area contributed by atoms with Crippen LogP contribution in [0.1, 0.15) is 33.3 Å². The highest BCUT2D eigenvalue weighted by atomic mass is 16.6. The number of carbonyl (C=O) groups is 1. The van der Waals surface area contributed by atoms with E-state index in [1.807, 2.05) is 26.0 Å². The Morgan fingerprint density at radius 2 is 1.92 bits per heavy atom. The van der Waals surface area contributed by atoms with Crippen molar-refractivity contribution in [1.29, 1.82) is 0 Å². The van der Waals surface area contributed by atoms with Crippen LogP contribution >= 0.6 is 0 Å². The first-order valence-corrected chi connectivity index (χ1v) is 4.10. The molecule has 0 bridgehead atoms. The fourth-order valence-electron chi connectivity index (χ4n) is 1.64. The lowest BCUT2D eigenvalue weighted by molar-refractivity contribution is -0.0550. The highest BCUT2D eigenvalue weighted by Crippen LogP contribution is 2.33. The molecule has 68 valence electrons. The van der Waals surface area contributed by atoms with Crippen molar-refractivity contribution < 1.29 is 14.6 Å². The number of benzene rings is 1. The lowest BCUT2D eigenvalue weighted by Crippen LogP contribution is -1.97. The molecule has 1 aliphatic heterocycles. The van der Waals surface area contributed by atoms with E-state index in [0.29, 0.717) is 11.1 Å². The zero-order valence-electron chi connectivity index (χ0n) is 7.50. The maximum atomic E-state index is 11.3. The topological polar surface area (TPSA) is 46.5 Å². The van der Waals surface area contributed by atoms with Gasteiger partial charge in [-0.15, -0.1) is 0 Å². The molecule has 0 saturated carbocycles. The van der Waals surface area contributed by atoms with Crippen LogP contribution in [0.25, 0.3) is 0 Å². The Balaban J connectivity index is 2.74. The fourth-order valence-corrected chi connectivity index (χ4v) is 1.64. The van der Waals surface area contributed by atoms with Crippen LogP contribution in [0.4, 0.5) is 0 Å². The maximum Gasteiger partial charge on any atom is 0.341 e. The minimum atomic E-state index is -1.08. The average Bonchev–Trinajstić information content (AvgIpc) is 2.36. The summed E-state index contributed by atoms with van der Waals surface area (Å²) in [5.41, 5.74) is 2.87. The second kappa shape index (κ2) is 2.57. The van der Waals surface area contributed by atoms with Gasteiger partial charge < -0.3 is 9.84 Å². The van der Waals surface area contributed by atoms with E-state index in [1.165, 1.54) is 0 Å². The van der Waals surface area contributed by atoms with E-state index >= 15 is 0 Å². The van der Waals surface area contributed by atoms with Crippen LogP contribution < -0.4 is 0 Å². The summed E-state index contributed by atoms with van der Waals surface area (Å²) in [6, 6.07) is 3.73. The second-order valence-corrected chi connectivity index (χ2v) is 3.25. The number of cyclic esters (lactones) is 1. The number of aliphatic hydroxyl groups is 1. The van der Waals surface area contributed by atoms with Gasteiger partial charge in [-0.2, -0.15) is 0 Å². The summed E-state index contributed by atoms with van der Waals surface area (Å²) in [5, 5.41) is 9.41. The van der Waals surface area contributed by atoms with E-state index in [9.17, 15) is 9.90 Å². The molecule has 1 aromatic rings. The van der Waals surface area contributed by atoms with E-state index in [4.69, 9.17) is 4.74 Å². The van der Waals surface area contributed by atoms with E-state index in [-0.39, 0.29) is 0 Å². The zero-order valence-corrected chi connectivity index (χ0v) is 7.50. The van der Waals surface area contributed by atoms with Crippen molar-refractivity contribution in [2.75, 3.05) is 0 Å². The Labute approximate surface area is 76.0 Å². The van der Waals surface area contributed by atoms with Crippen molar-refractivity contribution in [2.24, 2.45) is 0 Å². The van der Waals surface area contributed by atoms with E-state index in [0.717, 1.165) is 11.1 Å². The molecule has 0 aromatic heterocycles. The van der Waals surface area contributed by atoms with Crippen LogP contribution in [0, 0.1) is 13.8 Å². The van der Waals surface area contributed by atoms with Gasteiger partial charge in [-0.05, 0) is 25.0 Å². The second-order valence-electron chi connectivity index (χ2n) is 3.25. The molecule has 3 heteroatoms. The van der Waals surface area contributed by atoms with Gasteiger partial charge in [0.05, 0.1) is 5.56 Å². The highest BCUT2D eigenvalue weighted by molar-refractivity contribution is 5.95. The molecule has 0 spiro atoms. The van der Waals surface area contributed by atoms with Gasteiger partial charge in [0.2, 0.25) is 6.29 Å². The van der Waals surface area contributed by atoms with E-state index < -0.39 is 12.3 Å². The molecule has 0 saturated heterocycles. The minimum absolute atomic E-state index is 0.427. The van der Waals surface area contributed by atoms with Crippen molar-refractivity contribution in [3.05, 3.63) is 34.4 Å². The van der Waals surface area contributed by atoms with Gasteiger partial charge in [-0.25, -0.2) is 4.79 Å². The van der Waals surface area contributed by atoms with Gasteiger partial charge in [0.25, 0.3) is 0 Å². The highest BCUT2D eigenvalue weighted by Gasteiger charge is 2.32. The summed E-state index contributed by atoms with van der Waals surface area (Å²) in [6.45, 7) is 3.68. The molecular weight excluding hydrogens is 168 g/mol. The Hall–Kier alpha value is -1.35. The third-order valence-electron chi connectivity index (χ3n) is 2.34. The van der Waals surface area contributed by atoms with Crippen LogP contribution in [-0.4, -0.2) is 11.1 Å². The Morgan fingerprint density at radius 3 is 2.54 bits per heavy atom. The number of fused-ring (bicyclic) bond motifs is 1. The number of rotatable bonds is 0. The van der Waals surface area contributed by atoms with Crippen molar-refractivity contribution in [3.63, 3.8) is 0 Å². The van der Waals surface area contributed by atoms with Crippen molar-refractivity contribution in [2.45, 2.75) is 20.1 Å². The van der Waals surface area contributed by atoms with Gasteiger partial charge in [-0.1, -0.05) is 12.1 Å². The summed E-state index contributed by atoms with van der Waals surface area (Å²) in [4.78, 5) is 11.3. The lowest BCUT2D eigenvalue weighted by Gasteiger charge is -2.05. The van der Waals surface area contributed by atoms with Gasteiger partial charge in [0, 0.05) is 5.56 Å². The van der Waals surface area contributed by atoms with Crippen LogP contribution in [0.3, 0.4) is 0 Å². The van der Waals surface area contributed by atoms with Crippen molar-refractivity contribution >= 4 is 5.97 Å². The van der Waals surface area contributed by atoms with Crippen LogP contribution in [0.5, 0.6) is 0 Å². The first-order valence-electron chi connectivity index (χ1n) is 4.10. The summed E-state index contributed by atoms with van der Waals surface area (Å²) in [6.07, 6.45) is -1.08. The predicted molar refractivity (Wildman–Crippen MR) is 46.3 cm³/mol. The molecule has 1 aromatic carbocycles. The van der Waals surface area contributed by atoms with Crippen molar-refractivity contribution in [1.82, 2.24) is 0 Å². The molecular formula is C10H10O3. The smallest absolute Gasteiger partial charge is 0.341 e. The quantitative estimate of drug-likeness (QED) is 0.612. The Kier molecular flexibility index (Phi) is 1.63. The summed E-state index contributed by atoms with van der Waals surface area (Å²) < 4.78 is 4.71. The van der Waals surface area contributed by atoms with Gasteiger partial charge in [-0.3, -0.25) is 0 Å². The molecule has 1 atom stereocenters. The van der Waals surface area contributed by atoms with Crippen LogP contribution in [0.2, 0.25) is 0 Å². The van der Waals surface area contributed by atoms with Crippen LogP contribution in [-0.2, 0) is 4.74 Å². The minimum Gasteiger partial charge on any atom is -0.428 e. The molecule has 1 aliphatic rings. The molecule has 3 nitrogen and oxygen atoms in total.